The Kier molecular flexibility index (Phi) is 7.63. The lowest BCUT2D eigenvalue weighted by Gasteiger charge is -2.13. The molecule has 0 aliphatic rings. The lowest BCUT2D eigenvalue weighted by Crippen LogP contribution is -2.07. The highest BCUT2D eigenvalue weighted by Crippen LogP contribution is 2.33. The van der Waals surface area contributed by atoms with E-state index >= 15 is 0 Å². The van der Waals surface area contributed by atoms with E-state index in [1.165, 1.54) is 43.8 Å². The van der Waals surface area contributed by atoms with Crippen molar-refractivity contribution in [3.8, 4) is 11.5 Å². The molecular weight excluding hydrogens is 315 g/mol. The van der Waals surface area contributed by atoms with Crippen LogP contribution in [0.2, 0.25) is 0 Å². The number of benzene rings is 1. The van der Waals surface area contributed by atoms with Gasteiger partial charge in [0, 0.05) is 29.6 Å². The summed E-state index contributed by atoms with van der Waals surface area (Å²) in [7, 11) is 2.82. The second-order valence-corrected chi connectivity index (χ2v) is 5.72. The Balaban J connectivity index is 3.29. The molecule has 1 rings (SSSR count). The van der Waals surface area contributed by atoms with Crippen LogP contribution in [0.1, 0.15) is 10.4 Å². The molecule has 0 saturated heterocycles. The number of ether oxygens (including phenoxy) is 3. The Morgan fingerprint density at radius 2 is 1.86 bits per heavy atom. The largest absolute Gasteiger partial charge is 0.496 e. The number of methoxy groups -OCH3 is 2. The third kappa shape index (κ3) is 4.94. The van der Waals surface area contributed by atoms with Crippen molar-refractivity contribution >= 4 is 29.3 Å². The van der Waals surface area contributed by atoms with E-state index in [1.54, 1.807) is 0 Å². The molecule has 0 amide bonds. The van der Waals surface area contributed by atoms with E-state index in [0.29, 0.717) is 0 Å². The van der Waals surface area contributed by atoms with Crippen molar-refractivity contribution < 1.29 is 23.4 Å². The average Bonchev–Trinajstić information content (AvgIpc) is 2.49. The third-order valence-corrected chi connectivity index (χ3v) is 4.52. The van der Waals surface area contributed by atoms with Gasteiger partial charge in [0.25, 0.3) is 0 Å². The lowest BCUT2D eigenvalue weighted by molar-refractivity contribution is 0.0499. The van der Waals surface area contributed by atoms with E-state index in [1.807, 2.05) is 12.5 Å². The number of halogens is 1. The van der Waals surface area contributed by atoms with E-state index in [2.05, 4.69) is 0 Å². The number of rotatable bonds is 8. The summed E-state index contributed by atoms with van der Waals surface area (Å²) in [5.74, 6) is -0.634. The second kappa shape index (κ2) is 8.96. The Morgan fingerprint density at radius 1 is 1.24 bits per heavy atom. The number of thioether (sulfide) groups is 2. The Labute approximate surface area is 132 Å². The number of ketones is 1. The predicted octanol–water partition coefficient (Wildman–Crippen LogP) is 3.57. The minimum Gasteiger partial charge on any atom is -0.496 e. The van der Waals surface area contributed by atoms with Crippen molar-refractivity contribution in [2.24, 2.45) is 0 Å². The van der Waals surface area contributed by atoms with Crippen molar-refractivity contribution in [2.75, 3.05) is 33.5 Å². The zero-order valence-electron chi connectivity index (χ0n) is 12.3. The van der Waals surface area contributed by atoms with Crippen LogP contribution in [0, 0.1) is 5.82 Å². The topological polar surface area (TPSA) is 44.8 Å². The molecule has 0 radical (unpaired) electrons. The third-order valence-electron chi connectivity index (χ3n) is 2.48. The van der Waals surface area contributed by atoms with Gasteiger partial charge in [0.15, 0.2) is 12.6 Å². The molecule has 0 N–H and O–H groups in total. The summed E-state index contributed by atoms with van der Waals surface area (Å²) in [6.07, 6.45) is 5.23. The van der Waals surface area contributed by atoms with Gasteiger partial charge in [0.05, 0.1) is 7.11 Å². The van der Waals surface area contributed by atoms with Crippen LogP contribution in [-0.2, 0) is 4.74 Å². The Bertz CT molecular complexity index is 526. The van der Waals surface area contributed by atoms with Crippen LogP contribution >= 0.6 is 23.5 Å². The van der Waals surface area contributed by atoms with Gasteiger partial charge in [-0.1, -0.05) is 0 Å². The fourth-order valence-corrected chi connectivity index (χ4v) is 2.69. The van der Waals surface area contributed by atoms with Crippen molar-refractivity contribution in [1.29, 1.82) is 0 Å². The van der Waals surface area contributed by atoms with Gasteiger partial charge in [-0.25, -0.2) is 4.39 Å². The zero-order chi connectivity index (χ0) is 15.8. The minimum absolute atomic E-state index is 0.0888. The number of carbonyl (C=O) groups excluding carboxylic acids is 1. The highest BCUT2D eigenvalue weighted by molar-refractivity contribution is 8.21. The Morgan fingerprint density at radius 3 is 2.38 bits per heavy atom. The summed E-state index contributed by atoms with van der Waals surface area (Å²) < 4.78 is 29.5. The number of allylic oxidation sites excluding steroid dienone is 1. The highest BCUT2D eigenvalue weighted by Gasteiger charge is 2.19. The van der Waals surface area contributed by atoms with Gasteiger partial charge in [-0.2, -0.15) is 0 Å². The maximum atomic E-state index is 13.5. The maximum Gasteiger partial charge on any atom is 0.194 e. The van der Waals surface area contributed by atoms with E-state index < -0.39 is 5.82 Å². The molecule has 21 heavy (non-hydrogen) atoms. The first-order valence-corrected chi connectivity index (χ1v) is 8.35. The van der Waals surface area contributed by atoms with E-state index in [0.717, 1.165) is 16.4 Å². The summed E-state index contributed by atoms with van der Waals surface area (Å²) in [5.41, 5.74) is 0.177. The normalized spacial score (nSPS) is 10.1. The first-order valence-electron chi connectivity index (χ1n) is 5.90. The zero-order valence-corrected chi connectivity index (χ0v) is 13.9. The molecule has 0 unspecified atom stereocenters. The summed E-state index contributed by atoms with van der Waals surface area (Å²) in [4.78, 5) is 12.4. The van der Waals surface area contributed by atoms with Gasteiger partial charge in [-0.05, 0) is 12.5 Å². The molecule has 0 fully saturated rings. The van der Waals surface area contributed by atoms with Crippen LogP contribution in [0.15, 0.2) is 22.4 Å². The number of hydrogen-bond acceptors (Lipinski definition) is 6. The van der Waals surface area contributed by atoms with Crippen LogP contribution in [0.5, 0.6) is 11.5 Å². The van der Waals surface area contributed by atoms with E-state index in [-0.39, 0.29) is 29.6 Å². The average molecular weight is 332 g/mol. The van der Waals surface area contributed by atoms with Gasteiger partial charge >= 0.3 is 0 Å². The molecule has 7 heteroatoms. The maximum absolute atomic E-state index is 13.5. The molecular formula is C14H17FO4S2. The fourth-order valence-electron chi connectivity index (χ4n) is 1.58. The van der Waals surface area contributed by atoms with Crippen LogP contribution in [0.25, 0.3) is 0 Å². The van der Waals surface area contributed by atoms with Crippen LogP contribution in [-0.4, -0.2) is 39.3 Å². The first kappa shape index (κ1) is 17.9. The van der Waals surface area contributed by atoms with E-state index in [4.69, 9.17) is 14.2 Å². The standard InChI is InChI=1S/C14H17FO4S2/c1-17-8-19-12-6-9(15)5-11(18-2)14(12)10(16)7-13(20-3)21-4/h5-7H,8H2,1-4H3. The minimum atomic E-state index is -0.548. The molecule has 0 saturated carbocycles. The molecule has 0 heterocycles. The molecule has 0 bridgehead atoms. The van der Waals surface area contributed by atoms with Crippen molar-refractivity contribution in [1.82, 2.24) is 0 Å². The number of carbonyl (C=O) groups is 1. The number of hydrogen-bond donors (Lipinski definition) is 0. The van der Waals surface area contributed by atoms with Crippen molar-refractivity contribution in [2.45, 2.75) is 0 Å². The van der Waals surface area contributed by atoms with Crippen molar-refractivity contribution in [3.63, 3.8) is 0 Å². The van der Waals surface area contributed by atoms with E-state index in [9.17, 15) is 9.18 Å². The van der Waals surface area contributed by atoms with Gasteiger partial charge < -0.3 is 14.2 Å². The van der Waals surface area contributed by atoms with Crippen LogP contribution in [0.4, 0.5) is 4.39 Å². The van der Waals surface area contributed by atoms with Gasteiger partial charge in [0.2, 0.25) is 0 Å². The summed E-state index contributed by atoms with van der Waals surface area (Å²) in [6, 6.07) is 2.29. The van der Waals surface area contributed by atoms with Crippen LogP contribution < -0.4 is 9.47 Å². The summed E-state index contributed by atoms with van der Waals surface area (Å²) >= 11 is 2.91. The van der Waals surface area contributed by atoms with Gasteiger partial charge in [-0.3, -0.25) is 4.79 Å². The lowest BCUT2D eigenvalue weighted by atomic mass is 10.1. The van der Waals surface area contributed by atoms with Gasteiger partial charge in [-0.15, -0.1) is 23.5 Å². The smallest absolute Gasteiger partial charge is 0.194 e. The second-order valence-electron chi connectivity index (χ2n) is 3.77. The molecule has 4 nitrogen and oxygen atoms in total. The molecule has 116 valence electrons. The van der Waals surface area contributed by atoms with Crippen LogP contribution in [0.3, 0.4) is 0 Å². The van der Waals surface area contributed by atoms with Gasteiger partial charge in [0.1, 0.15) is 22.9 Å². The fraction of sp³-hybridized carbons (Fsp3) is 0.357. The molecule has 0 aromatic heterocycles. The SMILES string of the molecule is COCOc1cc(F)cc(OC)c1C(=O)C=C(SC)SC. The molecule has 0 aliphatic heterocycles. The quantitative estimate of drug-likeness (QED) is 0.412. The monoisotopic (exact) mass is 332 g/mol. The Hall–Kier alpha value is -1.18. The first-order chi connectivity index (χ1) is 10.1. The highest BCUT2D eigenvalue weighted by atomic mass is 32.2. The predicted molar refractivity (Wildman–Crippen MR) is 84.9 cm³/mol. The summed E-state index contributed by atoms with van der Waals surface area (Å²) in [6.45, 7) is -0.0888. The molecule has 0 aliphatic carbocycles. The van der Waals surface area contributed by atoms with Crippen molar-refractivity contribution in [3.05, 3.63) is 33.8 Å². The molecule has 1 aromatic rings. The molecule has 1 aromatic carbocycles. The molecule has 0 spiro atoms. The summed E-state index contributed by atoms with van der Waals surface area (Å²) in [5, 5.41) is 0. The molecule has 0 atom stereocenters.